The second-order valence-corrected chi connectivity index (χ2v) is 11.1. The van der Waals surface area contributed by atoms with Crippen molar-refractivity contribution >= 4 is 17.5 Å². The topological polar surface area (TPSA) is 106 Å². The van der Waals surface area contributed by atoms with Crippen LogP contribution in [0.25, 0.3) is 0 Å². The van der Waals surface area contributed by atoms with E-state index in [9.17, 15) is 19.1 Å². The number of aliphatic hydroxyl groups is 1. The maximum atomic E-state index is 14.8. The van der Waals surface area contributed by atoms with E-state index < -0.39 is 17.6 Å². The number of aliphatic hydroxyl groups excluding tert-OH is 1. The predicted octanol–water partition coefficient (Wildman–Crippen LogP) is 3.69. The number of halogens is 1. The summed E-state index contributed by atoms with van der Waals surface area (Å²) in [5.41, 5.74) is 0.401. The molecule has 0 spiro atoms. The molecular formula is C27H37FN2O6. The van der Waals surface area contributed by atoms with E-state index in [4.69, 9.17) is 14.2 Å². The lowest BCUT2D eigenvalue weighted by Crippen LogP contribution is -2.43. The van der Waals surface area contributed by atoms with E-state index >= 15 is 0 Å². The largest absolute Gasteiger partial charge is 0.496 e. The van der Waals surface area contributed by atoms with Crippen molar-refractivity contribution in [1.29, 1.82) is 0 Å². The van der Waals surface area contributed by atoms with E-state index in [0.717, 1.165) is 31.7 Å². The molecule has 9 heteroatoms. The molecule has 3 fully saturated rings. The molecule has 2 aliphatic carbocycles. The minimum atomic E-state index is -0.641. The molecule has 2 saturated carbocycles. The molecule has 1 aromatic rings. The van der Waals surface area contributed by atoms with Crippen LogP contribution in [-0.4, -0.2) is 62.2 Å². The Balaban J connectivity index is 1.47. The van der Waals surface area contributed by atoms with Gasteiger partial charge in [0.25, 0.3) is 5.91 Å². The highest BCUT2D eigenvalue weighted by atomic mass is 19.1. The summed E-state index contributed by atoms with van der Waals surface area (Å²) in [5.74, 6) is -2.10. The average Bonchev–Trinajstić information content (AvgIpc) is 3.31. The summed E-state index contributed by atoms with van der Waals surface area (Å²) in [7, 11) is 1.35. The summed E-state index contributed by atoms with van der Waals surface area (Å²) in [6.07, 6.45) is 6.04. The molecule has 0 bridgehead atoms. The van der Waals surface area contributed by atoms with Gasteiger partial charge in [0.1, 0.15) is 11.7 Å². The van der Waals surface area contributed by atoms with Crippen molar-refractivity contribution in [2.45, 2.75) is 64.9 Å². The number of carbonyl (C=O) groups is 2. The van der Waals surface area contributed by atoms with Crippen LogP contribution in [0.4, 0.5) is 4.39 Å². The van der Waals surface area contributed by atoms with Gasteiger partial charge in [-0.15, -0.1) is 0 Å². The van der Waals surface area contributed by atoms with Crippen molar-refractivity contribution in [3.63, 3.8) is 0 Å². The molecular weight excluding hydrogens is 467 g/mol. The van der Waals surface area contributed by atoms with Gasteiger partial charge < -0.3 is 24.6 Å². The van der Waals surface area contributed by atoms with Crippen LogP contribution < -0.4 is 14.8 Å². The summed E-state index contributed by atoms with van der Waals surface area (Å²) in [6, 6.07) is 2.45. The van der Waals surface area contributed by atoms with E-state index in [1.165, 1.54) is 19.6 Å². The van der Waals surface area contributed by atoms with Crippen molar-refractivity contribution in [3.05, 3.63) is 23.5 Å². The third-order valence-electron chi connectivity index (χ3n) is 8.05. The number of nitrogens with one attached hydrogen (secondary N) is 1. The van der Waals surface area contributed by atoms with Gasteiger partial charge in [-0.2, -0.15) is 0 Å². The van der Waals surface area contributed by atoms with Crippen LogP contribution in [0.1, 0.15) is 69.2 Å². The van der Waals surface area contributed by atoms with Crippen molar-refractivity contribution in [3.8, 4) is 11.5 Å². The molecule has 2 N–H and O–H groups in total. The second kappa shape index (κ2) is 10.8. The Kier molecular flexibility index (Phi) is 7.99. The van der Waals surface area contributed by atoms with Crippen LogP contribution >= 0.6 is 0 Å². The highest BCUT2D eigenvalue weighted by Gasteiger charge is 2.36. The van der Waals surface area contributed by atoms with Crippen molar-refractivity contribution < 1.29 is 33.3 Å². The van der Waals surface area contributed by atoms with Gasteiger partial charge in [0.15, 0.2) is 11.6 Å². The number of aliphatic imine (C=N–C) groups is 1. The number of rotatable bonds is 8. The zero-order chi connectivity index (χ0) is 25.9. The molecule has 1 saturated heterocycles. The van der Waals surface area contributed by atoms with Crippen LogP contribution in [0.15, 0.2) is 17.1 Å². The quantitative estimate of drug-likeness (QED) is 0.559. The highest BCUT2D eigenvalue weighted by Crippen LogP contribution is 2.40. The first-order chi connectivity index (χ1) is 17.1. The lowest BCUT2D eigenvalue weighted by Gasteiger charge is -2.38. The smallest absolute Gasteiger partial charge is 0.280 e. The number of nitrogens with zero attached hydrogens (tertiary/aromatic N) is 1. The molecule has 4 rings (SSSR count). The van der Waals surface area contributed by atoms with Gasteiger partial charge in [0, 0.05) is 19.2 Å². The van der Waals surface area contributed by atoms with Gasteiger partial charge in [-0.3, -0.25) is 9.59 Å². The molecule has 36 heavy (non-hydrogen) atoms. The Morgan fingerprint density at radius 3 is 2.50 bits per heavy atom. The average molecular weight is 505 g/mol. The van der Waals surface area contributed by atoms with E-state index in [2.05, 4.69) is 17.2 Å². The van der Waals surface area contributed by atoms with Crippen LogP contribution in [0.2, 0.25) is 0 Å². The lowest BCUT2D eigenvalue weighted by atomic mass is 9.70. The summed E-state index contributed by atoms with van der Waals surface area (Å²) < 4.78 is 31.4. The molecule has 0 aromatic heterocycles. The summed E-state index contributed by atoms with van der Waals surface area (Å²) in [4.78, 5) is 30.1. The Labute approximate surface area is 211 Å². The van der Waals surface area contributed by atoms with Crippen LogP contribution in [0, 0.1) is 22.6 Å². The first kappa shape index (κ1) is 26.5. The van der Waals surface area contributed by atoms with Gasteiger partial charge in [-0.05, 0) is 55.4 Å². The van der Waals surface area contributed by atoms with E-state index in [1.807, 2.05) is 6.92 Å². The number of methoxy groups -OCH3 is 1. The molecule has 1 atom stereocenters. The molecule has 1 unspecified atom stereocenters. The summed E-state index contributed by atoms with van der Waals surface area (Å²) in [6.45, 7) is 5.13. The third-order valence-corrected chi connectivity index (χ3v) is 8.05. The minimum Gasteiger partial charge on any atom is -0.496 e. The lowest BCUT2D eigenvalue weighted by molar-refractivity contribution is -0.124. The fourth-order valence-electron chi connectivity index (χ4n) is 5.09. The van der Waals surface area contributed by atoms with Crippen molar-refractivity contribution in [1.82, 2.24) is 5.32 Å². The fourth-order valence-corrected chi connectivity index (χ4v) is 5.09. The Morgan fingerprint density at radius 1 is 1.17 bits per heavy atom. The normalized spacial score (nSPS) is 28.4. The summed E-state index contributed by atoms with van der Waals surface area (Å²) in [5, 5.41) is 12.6. The highest BCUT2D eigenvalue weighted by molar-refractivity contribution is 6.13. The van der Waals surface area contributed by atoms with Crippen LogP contribution in [-0.2, 0) is 9.53 Å². The van der Waals surface area contributed by atoms with E-state index in [0.29, 0.717) is 25.1 Å². The molecule has 0 radical (unpaired) electrons. The molecule has 198 valence electrons. The number of amides is 2. The number of ether oxygens (including phenoxy) is 3. The molecule has 1 aliphatic heterocycles. The predicted molar refractivity (Wildman–Crippen MR) is 132 cm³/mol. The number of hydrogen-bond donors (Lipinski definition) is 2. The molecule has 2 amide bonds. The second-order valence-electron chi connectivity index (χ2n) is 11.1. The molecule has 8 nitrogen and oxygen atoms in total. The fraction of sp³-hybridized carbons (Fsp3) is 0.667. The van der Waals surface area contributed by atoms with Crippen molar-refractivity contribution in [2.24, 2.45) is 21.7 Å². The first-order valence-corrected chi connectivity index (χ1v) is 12.8. The van der Waals surface area contributed by atoms with Gasteiger partial charge in [-0.25, -0.2) is 9.38 Å². The molecule has 1 aromatic carbocycles. The van der Waals surface area contributed by atoms with Gasteiger partial charge in [-0.1, -0.05) is 20.3 Å². The molecule has 3 aliphatic rings. The van der Waals surface area contributed by atoms with E-state index in [-0.39, 0.29) is 59.7 Å². The van der Waals surface area contributed by atoms with Gasteiger partial charge in [0.05, 0.1) is 37.7 Å². The van der Waals surface area contributed by atoms with Gasteiger partial charge >= 0.3 is 0 Å². The Hall–Kier alpha value is -2.52. The molecule has 1 heterocycles. The van der Waals surface area contributed by atoms with E-state index in [1.54, 1.807) is 0 Å². The number of hydrogen-bond acceptors (Lipinski definition) is 6. The maximum absolute atomic E-state index is 14.8. The maximum Gasteiger partial charge on any atom is 0.280 e. The zero-order valence-electron chi connectivity index (χ0n) is 21.4. The Bertz CT molecular complexity index is 1010. The monoisotopic (exact) mass is 504 g/mol. The SMILES string of the molecule is COc1cc(F)c(OC2CCC(C)(CO)CC2)cc1C(=O)N=C1COCC1C(=O)NCC1(C)CCC1. The van der Waals surface area contributed by atoms with Crippen molar-refractivity contribution in [2.75, 3.05) is 33.5 Å². The van der Waals surface area contributed by atoms with Crippen LogP contribution in [0.3, 0.4) is 0 Å². The van der Waals surface area contributed by atoms with Gasteiger partial charge in [0.2, 0.25) is 5.91 Å². The zero-order valence-corrected chi connectivity index (χ0v) is 21.4. The first-order valence-electron chi connectivity index (χ1n) is 12.8. The third kappa shape index (κ3) is 5.89. The standard InChI is InChI=1S/C27H37FN2O6/c1-26(7-4-8-26)15-29-24(32)19-13-35-14-21(19)30-25(33)18-11-23(20(28)12-22(18)34-3)36-17-5-9-27(2,16-31)10-6-17/h11-12,17,19,31H,4-10,13-16H2,1-3H3,(H,29,32). The Morgan fingerprint density at radius 2 is 1.89 bits per heavy atom. The number of carbonyl (C=O) groups excluding carboxylic acids is 2. The minimum absolute atomic E-state index is 0.0392. The van der Waals surface area contributed by atoms with Crippen LogP contribution in [0.5, 0.6) is 11.5 Å². The summed E-state index contributed by atoms with van der Waals surface area (Å²) >= 11 is 0. The number of benzene rings is 1.